The van der Waals surface area contributed by atoms with Crippen molar-refractivity contribution < 1.29 is 17.4 Å². The van der Waals surface area contributed by atoms with Gasteiger partial charge in [0.1, 0.15) is 4.90 Å². The van der Waals surface area contributed by atoms with E-state index in [0.29, 0.717) is 8.95 Å². The number of para-hydroxylation sites is 2. The van der Waals surface area contributed by atoms with Gasteiger partial charge >= 0.3 is 10.1 Å². The van der Waals surface area contributed by atoms with Gasteiger partial charge in [0.25, 0.3) is 0 Å². The van der Waals surface area contributed by atoms with E-state index in [4.69, 9.17) is 4.18 Å². The second kappa shape index (κ2) is 6.80. The van der Waals surface area contributed by atoms with Crippen molar-refractivity contribution in [2.75, 3.05) is 5.32 Å². The zero-order valence-corrected chi connectivity index (χ0v) is 15.3. The molecule has 116 valence electrons. The Morgan fingerprint density at radius 2 is 1.82 bits per heavy atom. The molecular weight excluding hydrogens is 438 g/mol. The van der Waals surface area contributed by atoms with Crippen molar-refractivity contribution in [1.82, 2.24) is 0 Å². The molecule has 0 unspecified atom stereocenters. The number of carbonyl (C=O) groups is 1. The van der Waals surface area contributed by atoms with Crippen LogP contribution in [0.15, 0.2) is 56.3 Å². The maximum Gasteiger partial charge on any atom is 0.340 e. The lowest BCUT2D eigenvalue weighted by molar-refractivity contribution is -0.114. The Labute approximate surface area is 145 Å². The van der Waals surface area contributed by atoms with Gasteiger partial charge in [-0.15, -0.1) is 0 Å². The minimum atomic E-state index is -4.05. The van der Waals surface area contributed by atoms with Crippen LogP contribution in [0.4, 0.5) is 5.69 Å². The summed E-state index contributed by atoms with van der Waals surface area (Å²) in [5, 5.41) is 2.52. The molecule has 0 spiro atoms. The highest BCUT2D eigenvalue weighted by molar-refractivity contribution is 9.11. The van der Waals surface area contributed by atoms with Crippen molar-refractivity contribution in [1.29, 1.82) is 0 Å². The number of rotatable bonds is 4. The van der Waals surface area contributed by atoms with Gasteiger partial charge in [-0.1, -0.05) is 28.1 Å². The summed E-state index contributed by atoms with van der Waals surface area (Å²) in [7, 11) is -4.05. The molecule has 0 heterocycles. The van der Waals surface area contributed by atoms with E-state index in [1.165, 1.54) is 19.1 Å². The van der Waals surface area contributed by atoms with E-state index in [-0.39, 0.29) is 22.2 Å². The van der Waals surface area contributed by atoms with E-state index >= 15 is 0 Å². The molecule has 0 fully saturated rings. The Hall–Kier alpha value is -1.38. The van der Waals surface area contributed by atoms with E-state index in [1.54, 1.807) is 30.3 Å². The highest BCUT2D eigenvalue weighted by atomic mass is 79.9. The maximum absolute atomic E-state index is 12.4. The molecular formula is C14H11Br2NO4S. The monoisotopic (exact) mass is 447 g/mol. The minimum absolute atomic E-state index is 0.0143. The fraction of sp³-hybridized carbons (Fsp3) is 0.0714. The van der Waals surface area contributed by atoms with Crippen LogP contribution in [0.5, 0.6) is 5.75 Å². The van der Waals surface area contributed by atoms with E-state index < -0.39 is 10.1 Å². The van der Waals surface area contributed by atoms with E-state index in [0.717, 1.165) is 0 Å². The smallest absolute Gasteiger partial charge is 0.340 e. The third kappa shape index (κ3) is 4.08. The second-order valence-corrected chi connectivity index (χ2v) is 7.57. The van der Waals surface area contributed by atoms with Crippen LogP contribution < -0.4 is 9.50 Å². The lowest BCUT2D eigenvalue weighted by Gasteiger charge is -2.12. The molecule has 22 heavy (non-hydrogen) atoms. The number of benzene rings is 2. The van der Waals surface area contributed by atoms with Gasteiger partial charge in [0.2, 0.25) is 5.91 Å². The normalized spacial score (nSPS) is 11.0. The molecule has 2 rings (SSSR count). The predicted octanol–water partition coefficient (Wildman–Crippen LogP) is 3.94. The molecule has 2 aromatic rings. The van der Waals surface area contributed by atoms with Crippen LogP contribution in [0.3, 0.4) is 0 Å². The first-order valence-corrected chi connectivity index (χ1v) is 9.05. The Morgan fingerprint density at radius 3 is 2.50 bits per heavy atom. The maximum atomic E-state index is 12.4. The van der Waals surface area contributed by atoms with Crippen LogP contribution in [-0.4, -0.2) is 14.3 Å². The second-order valence-electron chi connectivity index (χ2n) is 4.29. The van der Waals surface area contributed by atoms with Gasteiger partial charge in [-0.3, -0.25) is 4.79 Å². The Balaban J connectivity index is 2.41. The SMILES string of the molecule is CC(=O)Nc1ccccc1OS(=O)(=O)c1cc(Br)ccc1Br. The summed E-state index contributed by atoms with van der Waals surface area (Å²) in [6, 6.07) is 11.0. The van der Waals surface area contributed by atoms with Crippen LogP contribution in [0.25, 0.3) is 0 Å². The summed E-state index contributed by atoms with van der Waals surface area (Å²) in [6.07, 6.45) is 0. The zero-order chi connectivity index (χ0) is 16.3. The van der Waals surface area contributed by atoms with Crippen LogP contribution in [0, 0.1) is 0 Å². The number of halogens is 2. The van der Waals surface area contributed by atoms with Crippen LogP contribution in [0.2, 0.25) is 0 Å². The van der Waals surface area contributed by atoms with Gasteiger partial charge in [-0.2, -0.15) is 8.42 Å². The molecule has 8 heteroatoms. The first-order chi connectivity index (χ1) is 10.3. The summed E-state index contributed by atoms with van der Waals surface area (Å²) < 4.78 is 31.0. The number of hydrogen-bond donors (Lipinski definition) is 1. The third-order valence-electron chi connectivity index (χ3n) is 2.56. The molecule has 2 aromatic carbocycles. The van der Waals surface area contributed by atoms with Gasteiger partial charge < -0.3 is 9.50 Å². The largest absolute Gasteiger partial charge is 0.377 e. The number of amides is 1. The van der Waals surface area contributed by atoms with Crippen molar-refractivity contribution in [3.8, 4) is 5.75 Å². The first-order valence-electron chi connectivity index (χ1n) is 6.06. The first kappa shape index (κ1) is 17.0. The Morgan fingerprint density at radius 1 is 1.14 bits per heavy atom. The van der Waals surface area contributed by atoms with Crippen molar-refractivity contribution in [2.24, 2.45) is 0 Å². The van der Waals surface area contributed by atoms with Gasteiger partial charge in [-0.05, 0) is 46.3 Å². The molecule has 0 aliphatic heterocycles. The Bertz CT molecular complexity index is 821. The van der Waals surface area contributed by atoms with E-state index in [9.17, 15) is 13.2 Å². The fourth-order valence-electron chi connectivity index (χ4n) is 1.66. The van der Waals surface area contributed by atoms with E-state index in [1.807, 2.05) is 0 Å². The third-order valence-corrected chi connectivity index (χ3v) is 5.28. The van der Waals surface area contributed by atoms with E-state index in [2.05, 4.69) is 37.2 Å². The molecule has 0 bridgehead atoms. The number of anilines is 1. The number of hydrogen-bond acceptors (Lipinski definition) is 4. The molecule has 1 amide bonds. The highest BCUT2D eigenvalue weighted by Gasteiger charge is 2.22. The van der Waals surface area contributed by atoms with Crippen molar-refractivity contribution in [3.05, 3.63) is 51.4 Å². The topological polar surface area (TPSA) is 72.5 Å². The molecule has 0 saturated heterocycles. The molecule has 5 nitrogen and oxygen atoms in total. The van der Waals surface area contributed by atoms with Gasteiger partial charge in [-0.25, -0.2) is 0 Å². The molecule has 0 aliphatic carbocycles. The summed E-state index contributed by atoms with van der Waals surface area (Å²) in [5.74, 6) is -0.276. The lowest BCUT2D eigenvalue weighted by Crippen LogP contribution is -2.13. The van der Waals surface area contributed by atoms with Crippen molar-refractivity contribution >= 4 is 53.6 Å². The number of carbonyl (C=O) groups excluding carboxylic acids is 1. The molecule has 0 radical (unpaired) electrons. The summed E-state index contributed by atoms with van der Waals surface area (Å²) in [6.45, 7) is 1.33. The molecule has 0 atom stereocenters. The average Bonchev–Trinajstić information content (AvgIpc) is 2.43. The predicted molar refractivity (Wildman–Crippen MR) is 90.4 cm³/mol. The Kier molecular flexibility index (Phi) is 5.25. The lowest BCUT2D eigenvalue weighted by atomic mass is 10.3. The summed E-state index contributed by atoms with van der Waals surface area (Å²) in [4.78, 5) is 11.2. The van der Waals surface area contributed by atoms with Gasteiger partial charge in [0.05, 0.1) is 5.69 Å². The van der Waals surface area contributed by atoms with Crippen molar-refractivity contribution in [3.63, 3.8) is 0 Å². The van der Waals surface area contributed by atoms with Crippen LogP contribution in [-0.2, 0) is 14.9 Å². The van der Waals surface area contributed by atoms with Gasteiger partial charge in [0, 0.05) is 15.9 Å². The molecule has 0 saturated carbocycles. The standard InChI is InChI=1S/C14H11Br2NO4S/c1-9(18)17-12-4-2-3-5-13(12)21-22(19,20)14-8-10(15)6-7-11(14)16/h2-8H,1H3,(H,17,18). The average molecular weight is 449 g/mol. The van der Waals surface area contributed by atoms with Crippen molar-refractivity contribution in [2.45, 2.75) is 11.8 Å². The quantitative estimate of drug-likeness (QED) is 0.719. The van der Waals surface area contributed by atoms with Crippen LogP contribution in [0.1, 0.15) is 6.92 Å². The molecule has 1 N–H and O–H groups in total. The summed E-state index contributed by atoms with van der Waals surface area (Å²) in [5.41, 5.74) is 0.282. The summed E-state index contributed by atoms with van der Waals surface area (Å²) >= 11 is 6.41. The van der Waals surface area contributed by atoms with Gasteiger partial charge in [0.15, 0.2) is 5.75 Å². The molecule has 0 aromatic heterocycles. The minimum Gasteiger partial charge on any atom is -0.377 e. The zero-order valence-electron chi connectivity index (χ0n) is 11.3. The number of nitrogens with one attached hydrogen (secondary N) is 1. The fourth-order valence-corrected chi connectivity index (χ4v) is 4.07. The molecule has 0 aliphatic rings. The highest BCUT2D eigenvalue weighted by Crippen LogP contribution is 2.31. The van der Waals surface area contributed by atoms with Crippen LogP contribution >= 0.6 is 31.9 Å².